The molecule has 1 fully saturated rings. The number of ether oxygens (including phenoxy) is 1. The van der Waals surface area contributed by atoms with Gasteiger partial charge >= 0.3 is 5.97 Å². The van der Waals surface area contributed by atoms with Crippen LogP contribution in [-0.2, 0) is 23.0 Å². The molecule has 3 atom stereocenters. The summed E-state index contributed by atoms with van der Waals surface area (Å²) in [6.45, 7) is 0.798. The predicted molar refractivity (Wildman–Crippen MR) is 85.9 cm³/mol. The van der Waals surface area contributed by atoms with E-state index in [0.29, 0.717) is 12.0 Å². The largest absolute Gasteiger partial charge is 0.469 e. The van der Waals surface area contributed by atoms with Crippen LogP contribution in [0.25, 0.3) is 10.9 Å². The fraction of sp³-hybridized carbons (Fsp3) is 0.500. The molecule has 4 nitrogen and oxygen atoms in total. The number of methoxy groups -OCH3 is 1. The zero-order valence-electron chi connectivity index (χ0n) is 13.4. The van der Waals surface area contributed by atoms with Gasteiger partial charge in [0.05, 0.1) is 13.0 Å². The monoisotopic (exact) mass is 298 g/mol. The topological polar surface area (TPSA) is 34.5 Å². The summed E-state index contributed by atoms with van der Waals surface area (Å²) >= 11 is 0. The molecule has 3 unspecified atom stereocenters. The minimum atomic E-state index is -0.0728. The Hall–Kier alpha value is -1.81. The summed E-state index contributed by atoms with van der Waals surface area (Å²) in [4.78, 5) is 14.4. The van der Waals surface area contributed by atoms with Gasteiger partial charge in [-0.3, -0.25) is 4.79 Å². The number of esters is 1. The molecule has 1 aromatic heterocycles. The van der Waals surface area contributed by atoms with Gasteiger partial charge in [-0.1, -0.05) is 12.1 Å². The van der Waals surface area contributed by atoms with Gasteiger partial charge in [0.25, 0.3) is 0 Å². The maximum atomic E-state index is 12.0. The van der Waals surface area contributed by atoms with Crippen LogP contribution in [-0.4, -0.2) is 42.2 Å². The number of aromatic nitrogens is 1. The van der Waals surface area contributed by atoms with Crippen LogP contribution in [0.2, 0.25) is 0 Å². The third-order valence-corrected chi connectivity index (χ3v) is 5.57. The van der Waals surface area contributed by atoms with Crippen LogP contribution in [0, 0.1) is 5.92 Å². The molecule has 0 radical (unpaired) electrons. The van der Waals surface area contributed by atoms with E-state index in [1.54, 1.807) is 0 Å². The molecule has 0 saturated carbocycles. The number of carbonyl (C=O) groups excluding carboxylic acids is 1. The lowest BCUT2D eigenvalue weighted by atomic mass is 9.72. The lowest BCUT2D eigenvalue weighted by Crippen LogP contribution is -2.49. The van der Waals surface area contributed by atoms with Crippen LogP contribution in [0.1, 0.15) is 23.5 Å². The minimum absolute atomic E-state index is 0.0169. The number of fused-ring (bicyclic) bond motifs is 2. The van der Waals surface area contributed by atoms with Crippen molar-refractivity contribution in [3.05, 3.63) is 35.5 Å². The second-order valence-electron chi connectivity index (χ2n) is 6.78. The van der Waals surface area contributed by atoms with Crippen LogP contribution >= 0.6 is 0 Å². The molecular formula is C18H22N2O2. The smallest absolute Gasteiger partial charge is 0.309 e. The minimum Gasteiger partial charge on any atom is -0.469 e. The normalized spacial score (nSPS) is 27.7. The average Bonchev–Trinajstić information content (AvgIpc) is 2.85. The number of hydrogen-bond donors (Lipinski definition) is 0. The number of carbonyl (C=O) groups is 1. The van der Waals surface area contributed by atoms with Crippen molar-refractivity contribution < 1.29 is 9.53 Å². The Morgan fingerprint density at radius 2 is 2.14 bits per heavy atom. The van der Waals surface area contributed by atoms with Crippen LogP contribution in [0.5, 0.6) is 0 Å². The summed E-state index contributed by atoms with van der Waals surface area (Å²) < 4.78 is 7.22. The average molecular weight is 298 g/mol. The number of nitrogens with zero attached hydrogens (tertiary/aromatic N) is 2. The first-order valence-electron chi connectivity index (χ1n) is 7.95. The van der Waals surface area contributed by atoms with Crippen molar-refractivity contribution in [2.45, 2.75) is 24.8 Å². The number of piperidine rings is 1. The molecular weight excluding hydrogens is 276 g/mol. The third kappa shape index (κ3) is 1.83. The molecule has 4 rings (SSSR count). The van der Waals surface area contributed by atoms with E-state index < -0.39 is 0 Å². The Balaban J connectivity index is 1.82. The summed E-state index contributed by atoms with van der Waals surface area (Å²) in [5, 5.41) is 1.41. The standard InChI is InChI=1S/C18H22N2O2/c1-19-9-11-8-16-14(13-5-4-6-15(19)17(11)13)7-12(10-20(16)2)18(21)22-3/h4-6,9,12,14,16H,7-8,10H2,1-3H3. The number of benzene rings is 1. The molecule has 4 heteroatoms. The summed E-state index contributed by atoms with van der Waals surface area (Å²) in [5.74, 6) is 0.328. The lowest BCUT2D eigenvalue weighted by Gasteiger charge is -2.44. The van der Waals surface area contributed by atoms with Gasteiger partial charge in [-0.25, -0.2) is 0 Å². The first kappa shape index (κ1) is 13.8. The van der Waals surface area contributed by atoms with Crippen molar-refractivity contribution in [1.29, 1.82) is 0 Å². The number of likely N-dealkylation sites (N-methyl/N-ethyl adjacent to an activating group) is 1. The van der Waals surface area contributed by atoms with E-state index in [0.717, 1.165) is 19.4 Å². The van der Waals surface area contributed by atoms with Gasteiger partial charge in [0.2, 0.25) is 0 Å². The van der Waals surface area contributed by atoms with Crippen molar-refractivity contribution in [2.75, 3.05) is 20.7 Å². The number of likely N-dealkylation sites (tertiary alicyclic amines) is 1. The Bertz CT molecular complexity index is 749. The van der Waals surface area contributed by atoms with E-state index in [1.807, 2.05) is 0 Å². The molecule has 2 heterocycles. The summed E-state index contributed by atoms with van der Waals surface area (Å²) in [7, 11) is 5.75. The van der Waals surface area contributed by atoms with Gasteiger partial charge in [0.1, 0.15) is 0 Å². The molecule has 2 aromatic rings. The molecule has 22 heavy (non-hydrogen) atoms. The summed E-state index contributed by atoms with van der Waals surface area (Å²) in [5.41, 5.74) is 4.15. The van der Waals surface area contributed by atoms with Gasteiger partial charge in [-0.2, -0.15) is 0 Å². The van der Waals surface area contributed by atoms with Crippen molar-refractivity contribution in [3.8, 4) is 0 Å². The fourth-order valence-corrected chi connectivity index (χ4v) is 4.56. The SMILES string of the molecule is COC(=O)C1CC2c3cccc4c3c(cn4C)CC2N(C)C1. The molecule has 1 aromatic carbocycles. The van der Waals surface area contributed by atoms with Crippen molar-refractivity contribution >= 4 is 16.9 Å². The maximum absolute atomic E-state index is 12.0. The third-order valence-electron chi connectivity index (χ3n) is 5.57. The number of aryl methyl sites for hydroxylation is 1. The van der Waals surface area contributed by atoms with E-state index >= 15 is 0 Å². The van der Waals surface area contributed by atoms with Crippen LogP contribution in [0.3, 0.4) is 0 Å². The van der Waals surface area contributed by atoms with Gasteiger partial charge in [-0.15, -0.1) is 0 Å². The Morgan fingerprint density at radius 3 is 2.91 bits per heavy atom. The lowest BCUT2D eigenvalue weighted by molar-refractivity contribution is -0.148. The Labute approximate surface area is 130 Å². The molecule has 1 aliphatic heterocycles. The number of hydrogen-bond acceptors (Lipinski definition) is 3. The molecule has 1 aliphatic carbocycles. The van der Waals surface area contributed by atoms with Crippen LogP contribution in [0.4, 0.5) is 0 Å². The molecule has 0 N–H and O–H groups in total. The van der Waals surface area contributed by atoms with E-state index in [-0.39, 0.29) is 11.9 Å². The first-order valence-corrected chi connectivity index (χ1v) is 7.95. The van der Waals surface area contributed by atoms with E-state index in [9.17, 15) is 4.79 Å². The van der Waals surface area contributed by atoms with Crippen molar-refractivity contribution in [1.82, 2.24) is 9.47 Å². The maximum Gasteiger partial charge on any atom is 0.309 e. The molecule has 0 amide bonds. The second-order valence-corrected chi connectivity index (χ2v) is 6.78. The van der Waals surface area contributed by atoms with Crippen molar-refractivity contribution in [3.63, 3.8) is 0 Å². The van der Waals surface area contributed by atoms with Gasteiger partial charge in [-0.05, 0) is 37.1 Å². The first-order chi connectivity index (χ1) is 10.6. The quantitative estimate of drug-likeness (QED) is 0.758. The second kappa shape index (κ2) is 4.85. The van der Waals surface area contributed by atoms with E-state index in [1.165, 1.54) is 29.1 Å². The van der Waals surface area contributed by atoms with Gasteiger partial charge in [0.15, 0.2) is 0 Å². The molecule has 0 bridgehead atoms. The van der Waals surface area contributed by atoms with Gasteiger partial charge < -0.3 is 14.2 Å². The zero-order chi connectivity index (χ0) is 15.4. The van der Waals surface area contributed by atoms with Gasteiger partial charge in [0, 0.05) is 42.7 Å². The Morgan fingerprint density at radius 1 is 1.32 bits per heavy atom. The Kier molecular flexibility index (Phi) is 3.05. The fourth-order valence-electron chi connectivity index (χ4n) is 4.56. The van der Waals surface area contributed by atoms with Crippen molar-refractivity contribution in [2.24, 2.45) is 13.0 Å². The number of rotatable bonds is 1. The molecule has 0 spiro atoms. The summed E-state index contributed by atoms with van der Waals surface area (Å²) in [6.07, 6.45) is 4.24. The molecule has 1 saturated heterocycles. The molecule has 2 aliphatic rings. The predicted octanol–water partition coefficient (Wildman–Crippen LogP) is 2.31. The van der Waals surface area contributed by atoms with Crippen LogP contribution < -0.4 is 0 Å². The highest BCUT2D eigenvalue weighted by molar-refractivity contribution is 5.89. The van der Waals surface area contributed by atoms with Crippen LogP contribution in [0.15, 0.2) is 24.4 Å². The van der Waals surface area contributed by atoms with E-state index in [2.05, 4.69) is 48.0 Å². The highest BCUT2D eigenvalue weighted by atomic mass is 16.5. The van der Waals surface area contributed by atoms with E-state index in [4.69, 9.17) is 4.74 Å². The highest BCUT2D eigenvalue weighted by Gasteiger charge is 2.41. The summed E-state index contributed by atoms with van der Waals surface area (Å²) in [6, 6.07) is 7.07. The zero-order valence-corrected chi connectivity index (χ0v) is 13.4. The molecule has 116 valence electrons. The highest BCUT2D eigenvalue weighted by Crippen LogP contribution is 2.44.